The molecule has 0 saturated carbocycles. The van der Waals surface area contributed by atoms with Crippen molar-refractivity contribution < 1.29 is 4.90 Å². The molecule has 2 fully saturated rings. The van der Waals surface area contributed by atoms with Gasteiger partial charge in [-0.1, -0.05) is 60.1 Å². The molecule has 2 aromatic carbocycles. The van der Waals surface area contributed by atoms with Gasteiger partial charge in [-0.25, -0.2) is 0 Å². The average molecular weight is 459 g/mol. The van der Waals surface area contributed by atoms with Crippen molar-refractivity contribution in [3.8, 4) is 0 Å². The number of para-hydroxylation sites is 1. The van der Waals surface area contributed by atoms with Crippen molar-refractivity contribution in [3.63, 3.8) is 0 Å². The Balaban J connectivity index is 1.46. The standard InChI is InChI=1S/C23H28BrN3S/c1-22-13-23(2,15-26(14-22)12-18-7-6-8-19(24)11-18)17-27(16-22)21(28)25-20-9-4-3-5-10-20/h3-11H,12-17H2,1-2H3,(H,25,28)/p+1/t22-,23+. The lowest BCUT2D eigenvalue weighted by molar-refractivity contribution is -0.934. The molecule has 2 bridgehead atoms. The van der Waals surface area contributed by atoms with E-state index in [0.717, 1.165) is 30.4 Å². The van der Waals surface area contributed by atoms with E-state index in [1.54, 1.807) is 4.90 Å². The second-order valence-corrected chi connectivity index (χ2v) is 10.7. The maximum atomic E-state index is 5.78. The summed E-state index contributed by atoms with van der Waals surface area (Å²) in [5.41, 5.74) is 3.06. The lowest BCUT2D eigenvalue weighted by Crippen LogP contribution is -3.15. The van der Waals surface area contributed by atoms with Crippen LogP contribution in [0.3, 0.4) is 0 Å². The lowest BCUT2D eigenvalue weighted by Gasteiger charge is -2.55. The second-order valence-electron chi connectivity index (χ2n) is 9.36. The van der Waals surface area contributed by atoms with Crippen molar-refractivity contribution >= 4 is 38.9 Å². The molecule has 2 aromatic rings. The smallest absolute Gasteiger partial charge is 0.173 e. The number of halogens is 1. The summed E-state index contributed by atoms with van der Waals surface area (Å²) in [5, 5.41) is 4.30. The van der Waals surface area contributed by atoms with Crippen LogP contribution in [0.25, 0.3) is 0 Å². The molecule has 0 aliphatic carbocycles. The van der Waals surface area contributed by atoms with Crippen LogP contribution in [0.2, 0.25) is 0 Å². The van der Waals surface area contributed by atoms with Gasteiger partial charge in [0.2, 0.25) is 0 Å². The largest absolute Gasteiger partial charge is 0.347 e. The predicted octanol–water partition coefficient (Wildman–Crippen LogP) is 3.96. The highest BCUT2D eigenvalue weighted by atomic mass is 79.9. The van der Waals surface area contributed by atoms with Crippen LogP contribution in [-0.4, -0.2) is 36.2 Å². The van der Waals surface area contributed by atoms with Crippen molar-refractivity contribution in [2.24, 2.45) is 10.8 Å². The minimum absolute atomic E-state index is 0.287. The second kappa shape index (κ2) is 7.77. The van der Waals surface area contributed by atoms with Crippen molar-refractivity contribution in [2.75, 3.05) is 31.5 Å². The van der Waals surface area contributed by atoms with E-state index < -0.39 is 0 Å². The molecule has 2 heterocycles. The van der Waals surface area contributed by atoms with Gasteiger partial charge in [-0.3, -0.25) is 0 Å². The van der Waals surface area contributed by atoms with Crippen LogP contribution in [0.4, 0.5) is 5.69 Å². The number of hydrogen-bond acceptors (Lipinski definition) is 1. The third-order valence-corrected chi connectivity index (χ3v) is 6.86. The molecule has 4 rings (SSSR count). The van der Waals surface area contributed by atoms with Gasteiger partial charge in [0.25, 0.3) is 0 Å². The van der Waals surface area contributed by atoms with Crippen LogP contribution in [0.5, 0.6) is 0 Å². The number of benzene rings is 2. The van der Waals surface area contributed by atoms with E-state index >= 15 is 0 Å². The number of nitrogens with one attached hydrogen (secondary N) is 2. The molecular formula is C23H29BrN3S+. The third kappa shape index (κ3) is 4.58. The number of thiocarbonyl (C=S) groups is 1. The first-order valence-corrected chi connectivity index (χ1v) is 11.2. The highest BCUT2D eigenvalue weighted by Gasteiger charge is 2.51. The minimum atomic E-state index is 0.287. The van der Waals surface area contributed by atoms with Gasteiger partial charge >= 0.3 is 0 Å². The van der Waals surface area contributed by atoms with Crippen molar-refractivity contribution in [1.29, 1.82) is 0 Å². The number of anilines is 1. The summed E-state index contributed by atoms with van der Waals surface area (Å²) in [6.07, 6.45) is 1.28. The summed E-state index contributed by atoms with van der Waals surface area (Å²) in [5.74, 6) is 0. The zero-order chi connectivity index (χ0) is 19.8. The Morgan fingerprint density at radius 1 is 1.07 bits per heavy atom. The third-order valence-electron chi connectivity index (χ3n) is 6.01. The highest BCUT2D eigenvalue weighted by Crippen LogP contribution is 2.41. The molecule has 28 heavy (non-hydrogen) atoms. The number of quaternary nitrogens is 1. The maximum Gasteiger partial charge on any atom is 0.173 e. The monoisotopic (exact) mass is 458 g/mol. The highest BCUT2D eigenvalue weighted by molar-refractivity contribution is 9.10. The van der Waals surface area contributed by atoms with E-state index in [2.05, 4.69) is 76.4 Å². The fourth-order valence-corrected chi connectivity index (χ4v) is 6.25. The van der Waals surface area contributed by atoms with Gasteiger partial charge < -0.3 is 15.1 Å². The van der Waals surface area contributed by atoms with Crippen LogP contribution >= 0.6 is 28.1 Å². The molecule has 148 valence electrons. The van der Waals surface area contributed by atoms with E-state index in [9.17, 15) is 0 Å². The average Bonchev–Trinajstić information content (AvgIpc) is 2.60. The Morgan fingerprint density at radius 3 is 2.39 bits per heavy atom. The predicted molar refractivity (Wildman–Crippen MR) is 124 cm³/mol. The fraction of sp³-hybridized carbons (Fsp3) is 0.435. The first-order valence-electron chi connectivity index (χ1n) is 10.0. The van der Waals surface area contributed by atoms with Gasteiger partial charge in [-0.05, 0) is 42.9 Å². The Kier molecular flexibility index (Phi) is 5.51. The SMILES string of the molecule is C[C@]12CN(C(=S)Nc3ccccc3)C[C@](C)(C[NH+](Cc3cccc(Br)c3)C1)C2. The number of nitrogens with zero attached hydrogens (tertiary/aromatic N) is 1. The maximum absolute atomic E-state index is 5.78. The van der Waals surface area contributed by atoms with Crippen LogP contribution in [0.1, 0.15) is 25.8 Å². The molecular weight excluding hydrogens is 430 g/mol. The van der Waals surface area contributed by atoms with Gasteiger partial charge in [0.1, 0.15) is 6.54 Å². The molecule has 0 amide bonds. The molecule has 0 spiro atoms. The summed E-state index contributed by atoms with van der Waals surface area (Å²) in [4.78, 5) is 4.10. The molecule has 2 aliphatic heterocycles. The van der Waals surface area contributed by atoms with Crippen molar-refractivity contribution in [2.45, 2.75) is 26.8 Å². The topological polar surface area (TPSA) is 19.7 Å². The van der Waals surface area contributed by atoms with Crippen LogP contribution in [0, 0.1) is 10.8 Å². The van der Waals surface area contributed by atoms with Crippen molar-refractivity contribution in [1.82, 2.24) is 4.90 Å². The molecule has 2 N–H and O–H groups in total. The van der Waals surface area contributed by atoms with E-state index in [4.69, 9.17) is 12.2 Å². The Morgan fingerprint density at radius 2 is 1.75 bits per heavy atom. The van der Waals surface area contributed by atoms with Gasteiger partial charge in [0, 0.05) is 39.6 Å². The zero-order valence-electron chi connectivity index (χ0n) is 16.7. The van der Waals surface area contributed by atoms with E-state index in [0.29, 0.717) is 0 Å². The summed E-state index contributed by atoms with van der Waals surface area (Å²) in [6, 6.07) is 19.0. The van der Waals surface area contributed by atoms with E-state index in [1.807, 2.05) is 18.2 Å². The van der Waals surface area contributed by atoms with E-state index in [-0.39, 0.29) is 10.8 Å². The molecule has 5 heteroatoms. The Labute approximate surface area is 182 Å². The summed E-state index contributed by atoms with van der Waals surface area (Å²) >= 11 is 9.40. The van der Waals surface area contributed by atoms with Crippen LogP contribution < -0.4 is 10.2 Å². The summed E-state index contributed by atoms with van der Waals surface area (Å²) in [6.45, 7) is 10.4. The minimum Gasteiger partial charge on any atom is -0.347 e. The molecule has 0 aromatic heterocycles. The van der Waals surface area contributed by atoms with Gasteiger partial charge in [0.15, 0.2) is 5.11 Å². The summed E-state index contributed by atoms with van der Waals surface area (Å²) in [7, 11) is 0. The number of rotatable bonds is 3. The van der Waals surface area contributed by atoms with Crippen molar-refractivity contribution in [3.05, 3.63) is 64.6 Å². The number of hydrogen-bond donors (Lipinski definition) is 2. The normalized spacial score (nSPS) is 29.4. The number of likely N-dealkylation sites (tertiary alicyclic amines) is 2. The van der Waals surface area contributed by atoms with Gasteiger partial charge in [-0.15, -0.1) is 0 Å². The van der Waals surface area contributed by atoms with E-state index in [1.165, 1.54) is 29.5 Å². The quantitative estimate of drug-likeness (QED) is 0.678. The molecule has 3 nitrogen and oxygen atoms in total. The first-order chi connectivity index (χ1) is 13.3. The number of fused-ring (bicyclic) bond motifs is 2. The van der Waals surface area contributed by atoms with Gasteiger partial charge in [0.05, 0.1) is 13.1 Å². The lowest BCUT2D eigenvalue weighted by atomic mass is 9.65. The fourth-order valence-electron chi connectivity index (χ4n) is 5.55. The Bertz CT molecular complexity index is 838. The zero-order valence-corrected chi connectivity index (χ0v) is 19.1. The first kappa shape index (κ1) is 19.9. The number of piperidine rings is 2. The molecule has 2 saturated heterocycles. The molecule has 2 aliphatic rings. The van der Waals surface area contributed by atoms with Gasteiger partial charge in [-0.2, -0.15) is 0 Å². The Hall–Kier alpha value is -1.43. The summed E-state index contributed by atoms with van der Waals surface area (Å²) < 4.78 is 1.17. The van der Waals surface area contributed by atoms with Crippen LogP contribution in [-0.2, 0) is 6.54 Å². The molecule has 3 atom stereocenters. The van der Waals surface area contributed by atoms with Crippen LogP contribution in [0.15, 0.2) is 59.1 Å². The molecule has 1 unspecified atom stereocenters. The molecule has 0 radical (unpaired) electrons.